The number of nitrogens with two attached hydrogens (primary N) is 1. The Morgan fingerprint density at radius 2 is 2.21 bits per heavy atom. The van der Waals surface area contributed by atoms with Crippen molar-refractivity contribution in [2.45, 2.75) is 0 Å². The molecule has 5 heteroatoms. The third-order valence-corrected chi connectivity index (χ3v) is 1.70. The predicted molar refractivity (Wildman–Crippen MR) is 55.6 cm³/mol. The number of nitrogen functional groups attached to an aromatic ring is 1. The zero-order valence-corrected chi connectivity index (χ0v) is 8.41. The standard InChI is InChI=1S/C9H15N3O2/c1-13-6-5-11-8-4-3-7(10)9(12-8)14-2/h3-4H,5-6,10H2,1-2H3,(H,11,12). The largest absolute Gasteiger partial charge is 0.479 e. The van der Waals surface area contributed by atoms with E-state index in [0.717, 1.165) is 5.82 Å². The summed E-state index contributed by atoms with van der Waals surface area (Å²) < 4.78 is 9.88. The first-order chi connectivity index (χ1) is 6.77. The van der Waals surface area contributed by atoms with Crippen LogP contribution < -0.4 is 15.8 Å². The van der Waals surface area contributed by atoms with Gasteiger partial charge in [-0.15, -0.1) is 0 Å². The van der Waals surface area contributed by atoms with Crippen molar-refractivity contribution in [2.75, 3.05) is 38.4 Å². The molecule has 3 N–H and O–H groups in total. The fourth-order valence-corrected chi connectivity index (χ4v) is 0.994. The van der Waals surface area contributed by atoms with Gasteiger partial charge in [-0.05, 0) is 12.1 Å². The first kappa shape index (κ1) is 10.6. The average Bonchev–Trinajstić information content (AvgIpc) is 2.21. The fourth-order valence-electron chi connectivity index (χ4n) is 0.994. The van der Waals surface area contributed by atoms with Gasteiger partial charge < -0.3 is 20.5 Å². The van der Waals surface area contributed by atoms with Crippen LogP contribution in [0.25, 0.3) is 0 Å². The van der Waals surface area contributed by atoms with Gasteiger partial charge in [0.05, 0.1) is 19.4 Å². The lowest BCUT2D eigenvalue weighted by atomic mass is 10.4. The highest BCUT2D eigenvalue weighted by molar-refractivity contribution is 5.53. The van der Waals surface area contributed by atoms with Crippen LogP contribution in [0.2, 0.25) is 0 Å². The molecule has 0 radical (unpaired) electrons. The Bertz CT molecular complexity index is 291. The molecule has 5 nitrogen and oxygen atoms in total. The lowest BCUT2D eigenvalue weighted by Crippen LogP contribution is -2.09. The number of hydrogen-bond donors (Lipinski definition) is 2. The Kier molecular flexibility index (Phi) is 4.00. The summed E-state index contributed by atoms with van der Waals surface area (Å²) in [6.07, 6.45) is 0. The number of anilines is 2. The molecular formula is C9H15N3O2. The smallest absolute Gasteiger partial charge is 0.238 e. The van der Waals surface area contributed by atoms with Gasteiger partial charge in [-0.2, -0.15) is 4.98 Å². The number of ether oxygens (including phenoxy) is 2. The summed E-state index contributed by atoms with van der Waals surface area (Å²) in [5.74, 6) is 1.17. The Morgan fingerprint density at radius 1 is 1.43 bits per heavy atom. The van der Waals surface area contributed by atoms with Crippen LogP contribution in [0.5, 0.6) is 5.88 Å². The maximum Gasteiger partial charge on any atom is 0.238 e. The first-order valence-corrected chi connectivity index (χ1v) is 4.31. The van der Waals surface area contributed by atoms with E-state index in [9.17, 15) is 0 Å². The maximum atomic E-state index is 5.61. The van der Waals surface area contributed by atoms with Gasteiger partial charge in [-0.25, -0.2) is 0 Å². The quantitative estimate of drug-likeness (QED) is 0.681. The van der Waals surface area contributed by atoms with Crippen molar-refractivity contribution >= 4 is 11.5 Å². The highest BCUT2D eigenvalue weighted by Gasteiger charge is 2.01. The summed E-state index contributed by atoms with van der Waals surface area (Å²) in [6.45, 7) is 1.34. The van der Waals surface area contributed by atoms with Gasteiger partial charge in [0, 0.05) is 13.7 Å². The van der Waals surface area contributed by atoms with E-state index in [1.165, 1.54) is 7.11 Å². The molecule has 0 amide bonds. The summed E-state index contributed by atoms with van der Waals surface area (Å²) in [7, 11) is 3.19. The van der Waals surface area contributed by atoms with E-state index in [0.29, 0.717) is 24.7 Å². The molecule has 1 aromatic rings. The predicted octanol–water partition coefficient (Wildman–Crippen LogP) is 0.731. The zero-order chi connectivity index (χ0) is 10.4. The molecule has 78 valence electrons. The summed E-state index contributed by atoms with van der Waals surface area (Å²) >= 11 is 0. The highest BCUT2D eigenvalue weighted by Crippen LogP contribution is 2.19. The van der Waals surface area contributed by atoms with Crippen LogP contribution in [0.4, 0.5) is 11.5 Å². The molecule has 0 aliphatic heterocycles. The van der Waals surface area contributed by atoms with E-state index in [1.54, 1.807) is 19.2 Å². The number of rotatable bonds is 5. The molecule has 0 aromatic carbocycles. The number of aromatic nitrogens is 1. The molecule has 0 unspecified atom stereocenters. The molecule has 0 fully saturated rings. The summed E-state index contributed by atoms with van der Waals surface area (Å²) in [6, 6.07) is 3.55. The third kappa shape index (κ3) is 2.77. The van der Waals surface area contributed by atoms with Crippen molar-refractivity contribution in [3.63, 3.8) is 0 Å². The Morgan fingerprint density at radius 3 is 2.86 bits per heavy atom. The molecule has 0 aliphatic rings. The van der Waals surface area contributed by atoms with E-state index < -0.39 is 0 Å². The van der Waals surface area contributed by atoms with E-state index in [4.69, 9.17) is 15.2 Å². The van der Waals surface area contributed by atoms with E-state index in [1.807, 2.05) is 0 Å². The van der Waals surface area contributed by atoms with Gasteiger partial charge in [-0.1, -0.05) is 0 Å². The molecule has 0 saturated carbocycles. The minimum atomic E-state index is 0.437. The maximum absolute atomic E-state index is 5.61. The number of nitrogens with zero attached hydrogens (tertiary/aromatic N) is 1. The third-order valence-electron chi connectivity index (χ3n) is 1.70. The van der Waals surface area contributed by atoms with Gasteiger partial charge in [0.1, 0.15) is 5.82 Å². The normalized spacial score (nSPS) is 9.86. The summed E-state index contributed by atoms with van der Waals surface area (Å²) in [5.41, 5.74) is 6.15. The van der Waals surface area contributed by atoms with Crippen LogP contribution in [0.15, 0.2) is 12.1 Å². The molecule has 0 spiro atoms. The fraction of sp³-hybridized carbons (Fsp3) is 0.444. The Balaban J connectivity index is 2.60. The van der Waals surface area contributed by atoms with Gasteiger partial charge >= 0.3 is 0 Å². The van der Waals surface area contributed by atoms with Crippen LogP contribution >= 0.6 is 0 Å². The number of methoxy groups -OCH3 is 2. The van der Waals surface area contributed by atoms with Gasteiger partial charge in [0.15, 0.2) is 0 Å². The highest BCUT2D eigenvalue weighted by atomic mass is 16.5. The number of pyridine rings is 1. The second-order valence-corrected chi connectivity index (χ2v) is 2.71. The minimum absolute atomic E-state index is 0.437. The number of nitrogens with one attached hydrogen (secondary N) is 1. The van der Waals surface area contributed by atoms with Crippen LogP contribution in [0.3, 0.4) is 0 Å². The summed E-state index contributed by atoms with van der Waals surface area (Å²) in [5, 5.41) is 3.08. The Labute approximate surface area is 83.2 Å². The second kappa shape index (κ2) is 5.29. The molecule has 1 rings (SSSR count). The Hall–Kier alpha value is -1.49. The SMILES string of the molecule is COCCNc1ccc(N)c(OC)n1. The van der Waals surface area contributed by atoms with E-state index in [2.05, 4.69) is 10.3 Å². The zero-order valence-electron chi connectivity index (χ0n) is 8.41. The molecule has 1 aromatic heterocycles. The molecule has 14 heavy (non-hydrogen) atoms. The van der Waals surface area contributed by atoms with Crippen LogP contribution in [0, 0.1) is 0 Å². The second-order valence-electron chi connectivity index (χ2n) is 2.71. The van der Waals surface area contributed by atoms with Gasteiger partial charge in [0.2, 0.25) is 5.88 Å². The van der Waals surface area contributed by atoms with Gasteiger partial charge in [-0.3, -0.25) is 0 Å². The monoisotopic (exact) mass is 197 g/mol. The van der Waals surface area contributed by atoms with E-state index >= 15 is 0 Å². The van der Waals surface area contributed by atoms with Crippen LogP contribution in [0.1, 0.15) is 0 Å². The lowest BCUT2D eigenvalue weighted by molar-refractivity contribution is 0.210. The van der Waals surface area contributed by atoms with Crippen molar-refractivity contribution in [3.05, 3.63) is 12.1 Å². The minimum Gasteiger partial charge on any atom is -0.479 e. The average molecular weight is 197 g/mol. The van der Waals surface area contributed by atoms with Crippen molar-refractivity contribution in [1.82, 2.24) is 4.98 Å². The van der Waals surface area contributed by atoms with Crippen LogP contribution in [-0.2, 0) is 4.74 Å². The first-order valence-electron chi connectivity index (χ1n) is 4.31. The van der Waals surface area contributed by atoms with Crippen molar-refractivity contribution in [1.29, 1.82) is 0 Å². The topological polar surface area (TPSA) is 69.4 Å². The molecule has 0 bridgehead atoms. The molecule has 0 aliphatic carbocycles. The molecular weight excluding hydrogens is 182 g/mol. The van der Waals surface area contributed by atoms with Crippen molar-refractivity contribution in [2.24, 2.45) is 0 Å². The van der Waals surface area contributed by atoms with Crippen molar-refractivity contribution < 1.29 is 9.47 Å². The molecule has 0 atom stereocenters. The molecule has 1 heterocycles. The van der Waals surface area contributed by atoms with Crippen LogP contribution in [-0.4, -0.2) is 32.4 Å². The van der Waals surface area contributed by atoms with Crippen molar-refractivity contribution in [3.8, 4) is 5.88 Å². The molecule has 0 saturated heterocycles. The van der Waals surface area contributed by atoms with E-state index in [-0.39, 0.29) is 0 Å². The number of hydrogen-bond acceptors (Lipinski definition) is 5. The lowest BCUT2D eigenvalue weighted by Gasteiger charge is -2.07. The van der Waals surface area contributed by atoms with Gasteiger partial charge in [0.25, 0.3) is 0 Å². The summed E-state index contributed by atoms with van der Waals surface area (Å²) in [4.78, 5) is 4.15.